The van der Waals surface area contributed by atoms with Gasteiger partial charge in [0.25, 0.3) is 0 Å². The molecule has 2 N–H and O–H groups in total. The predicted octanol–water partition coefficient (Wildman–Crippen LogP) is 3.64. The van der Waals surface area contributed by atoms with Crippen molar-refractivity contribution in [2.24, 2.45) is 12.1 Å². The molecule has 0 bridgehead atoms. The number of aryl methyl sites for hydroxylation is 1. The highest BCUT2D eigenvalue weighted by atomic mass is 16.2. The Morgan fingerprint density at radius 2 is 1.78 bits per heavy atom. The molecule has 3 aromatic rings. The molecule has 0 atom stereocenters. The van der Waals surface area contributed by atoms with Gasteiger partial charge in [-0.3, -0.25) is 0 Å². The number of carbonyl (C=O) groups is 1. The monoisotopic (exact) mass is 306 g/mol. The number of anilines is 1. The van der Waals surface area contributed by atoms with Crippen molar-refractivity contribution in [1.82, 2.24) is 9.99 Å². The predicted molar refractivity (Wildman–Crippen MR) is 93.8 cm³/mol. The van der Waals surface area contributed by atoms with E-state index < -0.39 is 0 Å². The first-order valence-corrected chi connectivity index (χ1v) is 7.36. The molecule has 0 aliphatic carbocycles. The highest BCUT2D eigenvalue weighted by molar-refractivity contribution is 6.01. The number of nitrogens with zero attached hydrogens (tertiary/aromatic N) is 2. The van der Waals surface area contributed by atoms with Crippen molar-refractivity contribution in [3.8, 4) is 0 Å². The van der Waals surface area contributed by atoms with Crippen LogP contribution in [-0.2, 0) is 7.05 Å². The third-order valence-electron chi connectivity index (χ3n) is 3.84. The second-order valence-electron chi connectivity index (χ2n) is 5.27. The van der Waals surface area contributed by atoms with Crippen molar-refractivity contribution in [2.75, 3.05) is 5.32 Å². The fourth-order valence-electron chi connectivity index (χ4n) is 2.55. The van der Waals surface area contributed by atoms with E-state index in [1.807, 2.05) is 62.5 Å². The Labute approximate surface area is 134 Å². The lowest BCUT2D eigenvalue weighted by molar-refractivity contribution is 0.252. The van der Waals surface area contributed by atoms with Gasteiger partial charge in [-0.15, -0.1) is 0 Å². The third kappa shape index (κ3) is 3.08. The Kier molecular flexibility index (Phi) is 4.10. The number of fused-ring (bicyclic) bond motifs is 1. The minimum absolute atomic E-state index is 0.370. The average Bonchev–Trinajstić information content (AvgIpc) is 2.81. The zero-order valence-corrected chi connectivity index (χ0v) is 13.1. The minimum Gasteiger partial charge on any atom is -0.347 e. The third-order valence-corrected chi connectivity index (χ3v) is 3.84. The number of carbonyl (C=O) groups excluding carboxylic acids is 1. The van der Waals surface area contributed by atoms with Gasteiger partial charge in [-0.1, -0.05) is 36.4 Å². The van der Waals surface area contributed by atoms with Gasteiger partial charge in [0.15, 0.2) is 0 Å². The number of para-hydroxylation sites is 2. The number of benzene rings is 2. The minimum atomic E-state index is -0.370. The highest BCUT2D eigenvalue weighted by Gasteiger charge is 2.09. The van der Waals surface area contributed by atoms with Gasteiger partial charge in [-0.05, 0) is 25.1 Å². The second kappa shape index (κ2) is 6.36. The lowest BCUT2D eigenvalue weighted by Gasteiger charge is -2.03. The molecule has 116 valence electrons. The zero-order chi connectivity index (χ0) is 16.2. The molecular weight excluding hydrogens is 288 g/mol. The number of hydrogen-bond donors (Lipinski definition) is 2. The van der Waals surface area contributed by atoms with Crippen LogP contribution in [0.1, 0.15) is 11.3 Å². The van der Waals surface area contributed by atoms with Gasteiger partial charge in [-0.2, -0.15) is 5.10 Å². The zero-order valence-electron chi connectivity index (χ0n) is 13.1. The number of hydrogen-bond acceptors (Lipinski definition) is 2. The molecule has 0 saturated carbocycles. The van der Waals surface area contributed by atoms with Gasteiger partial charge in [-0.25, -0.2) is 10.2 Å². The number of rotatable bonds is 3. The van der Waals surface area contributed by atoms with Gasteiger partial charge < -0.3 is 9.88 Å². The van der Waals surface area contributed by atoms with Crippen LogP contribution in [0.15, 0.2) is 59.7 Å². The Bertz CT molecular complexity index is 865. The molecule has 0 radical (unpaired) electrons. The summed E-state index contributed by atoms with van der Waals surface area (Å²) >= 11 is 0. The molecular formula is C18H18N4O. The van der Waals surface area contributed by atoms with E-state index in [0.717, 1.165) is 27.8 Å². The Hall–Kier alpha value is -3.08. The number of urea groups is 1. The molecule has 2 aromatic carbocycles. The molecule has 1 heterocycles. The maximum atomic E-state index is 11.8. The molecule has 0 aliphatic heterocycles. The molecule has 23 heavy (non-hydrogen) atoms. The molecule has 5 nitrogen and oxygen atoms in total. The summed E-state index contributed by atoms with van der Waals surface area (Å²) in [5.41, 5.74) is 6.45. The summed E-state index contributed by atoms with van der Waals surface area (Å²) in [7, 11) is 2.02. The van der Waals surface area contributed by atoms with Crippen LogP contribution >= 0.6 is 0 Å². The standard InChI is InChI=1S/C18H18N4O/c1-13-16(15-10-6-7-11-17(15)22(13)2)12-19-21-18(23)20-14-8-4-3-5-9-14/h3-12H,1-2H3,(H2,20,21,23)/b19-12-. The molecule has 5 heteroatoms. The van der Waals surface area contributed by atoms with Crippen LogP contribution in [0.25, 0.3) is 10.9 Å². The van der Waals surface area contributed by atoms with E-state index in [2.05, 4.69) is 26.5 Å². The summed E-state index contributed by atoms with van der Waals surface area (Å²) in [4.78, 5) is 11.8. The number of amides is 2. The summed E-state index contributed by atoms with van der Waals surface area (Å²) in [5, 5.41) is 7.89. The van der Waals surface area contributed by atoms with Gasteiger partial charge in [0.1, 0.15) is 0 Å². The average molecular weight is 306 g/mol. The lowest BCUT2D eigenvalue weighted by atomic mass is 10.1. The quantitative estimate of drug-likeness (QED) is 0.563. The highest BCUT2D eigenvalue weighted by Crippen LogP contribution is 2.22. The van der Waals surface area contributed by atoms with Crippen molar-refractivity contribution < 1.29 is 4.79 Å². The van der Waals surface area contributed by atoms with Crippen LogP contribution in [0.3, 0.4) is 0 Å². The maximum Gasteiger partial charge on any atom is 0.339 e. The van der Waals surface area contributed by atoms with Gasteiger partial charge in [0, 0.05) is 34.9 Å². The van der Waals surface area contributed by atoms with Gasteiger partial charge >= 0.3 is 6.03 Å². The van der Waals surface area contributed by atoms with Crippen molar-refractivity contribution >= 4 is 28.8 Å². The van der Waals surface area contributed by atoms with Gasteiger partial charge in [0.2, 0.25) is 0 Å². The molecule has 0 spiro atoms. The normalized spacial score (nSPS) is 11.0. The Morgan fingerprint density at radius 3 is 2.57 bits per heavy atom. The Balaban J connectivity index is 1.74. The molecule has 1 aromatic heterocycles. The largest absolute Gasteiger partial charge is 0.347 e. The van der Waals surface area contributed by atoms with E-state index in [1.54, 1.807) is 6.21 Å². The van der Waals surface area contributed by atoms with Crippen molar-refractivity contribution in [1.29, 1.82) is 0 Å². The first kappa shape index (κ1) is 14.8. The van der Waals surface area contributed by atoms with Crippen LogP contribution in [0.5, 0.6) is 0 Å². The van der Waals surface area contributed by atoms with Crippen LogP contribution in [0.4, 0.5) is 10.5 Å². The maximum absolute atomic E-state index is 11.8. The van der Waals surface area contributed by atoms with Crippen LogP contribution < -0.4 is 10.7 Å². The van der Waals surface area contributed by atoms with Crippen LogP contribution in [0, 0.1) is 6.92 Å². The van der Waals surface area contributed by atoms with E-state index in [1.165, 1.54) is 0 Å². The second-order valence-corrected chi connectivity index (χ2v) is 5.27. The molecule has 2 amide bonds. The molecule has 0 saturated heterocycles. The fourth-order valence-corrected chi connectivity index (χ4v) is 2.55. The fraction of sp³-hybridized carbons (Fsp3) is 0.111. The molecule has 0 unspecified atom stereocenters. The van der Waals surface area contributed by atoms with E-state index in [0.29, 0.717) is 0 Å². The first-order valence-electron chi connectivity index (χ1n) is 7.36. The van der Waals surface area contributed by atoms with Crippen molar-refractivity contribution in [3.63, 3.8) is 0 Å². The molecule has 0 fully saturated rings. The number of nitrogens with one attached hydrogen (secondary N) is 2. The summed E-state index contributed by atoms with van der Waals surface area (Å²) in [5.74, 6) is 0. The Morgan fingerprint density at radius 1 is 1.09 bits per heavy atom. The smallest absolute Gasteiger partial charge is 0.339 e. The summed E-state index contributed by atoms with van der Waals surface area (Å²) in [6, 6.07) is 17.0. The SMILES string of the molecule is Cc1c(/C=N\NC(=O)Nc2ccccc2)c2ccccc2n1C. The number of aromatic nitrogens is 1. The van der Waals surface area contributed by atoms with Crippen LogP contribution in [-0.4, -0.2) is 16.8 Å². The van der Waals surface area contributed by atoms with Crippen molar-refractivity contribution in [3.05, 3.63) is 65.9 Å². The summed E-state index contributed by atoms with van der Waals surface area (Å²) in [6.45, 7) is 2.03. The van der Waals surface area contributed by atoms with E-state index in [-0.39, 0.29) is 6.03 Å². The summed E-state index contributed by atoms with van der Waals surface area (Å²) < 4.78 is 2.11. The molecule has 3 rings (SSSR count). The van der Waals surface area contributed by atoms with Crippen molar-refractivity contribution in [2.45, 2.75) is 6.92 Å². The number of hydrazone groups is 1. The molecule has 0 aliphatic rings. The van der Waals surface area contributed by atoms with Crippen LogP contribution in [0.2, 0.25) is 0 Å². The topological polar surface area (TPSA) is 58.4 Å². The summed E-state index contributed by atoms with van der Waals surface area (Å²) in [6.07, 6.45) is 1.68. The lowest BCUT2D eigenvalue weighted by Crippen LogP contribution is -2.24. The van der Waals surface area contributed by atoms with Gasteiger partial charge in [0.05, 0.1) is 6.21 Å². The van der Waals surface area contributed by atoms with E-state index >= 15 is 0 Å². The van der Waals surface area contributed by atoms with E-state index in [9.17, 15) is 4.79 Å². The first-order chi connectivity index (χ1) is 11.2. The van der Waals surface area contributed by atoms with E-state index in [4.69, 9.17) is 0 Å².